The van der Waals surface area contributed by atoms with E-state index in [1.165, 1.54) is 22.8 Å². The molecule has 4 rings (SSSR count). The zero-order chi connectivity index (χ0) is 29.5. The van der Waals surface area contributed by atoms with E-state index in [-0.39, 0.29) is 36.0 Å². The van der Waals surface area contributed by atoms with E-state index in [2.05, 4.69) is 10.5 Å². The number of carbonyl (C=O) groups excluding carboxylic acids is 1. The first-order valence-corrected chi connectivity index (χ1v) is 13.0. The number of hydrogen-bond acceptors (Lipinski definition) is 5. The summed E-state index contributed by atoms with van der Waals surface area (Å²) in [4.78, 5) is 34.5. The average molecular weight is 556 g/mol. The number of carbonyl (C=O) groups is 2. The molecule has 9 heteroatoms. The SMILES string of the molecule is Cc1cc(F)ccc1C(CC(=NO)c1ccc(=O)n(C)c1)c1ccc(-c2ccc(NC(=O)CCC(=O)O)cc2)cc1. The van der Waals surface area contributed by atoms with Crippen LogP contribution in [0.2, 0.25) is 0 Å². The lowest BCUT2D eigenvalue weighted by Crippen LogP contribution is -2.18. The zero-order valence-corrected chi connectivity index (χ0v) is 22.7. The van der Waals surface area contributed by atoms with Gasteiger partial charge >= 0.3 is 5.97 Å². The summed E-state index contributed by atoms with van der Waals surface area (Å²) < 4.78 is 15.4. The predicted octanol–water partition coefficient (Wildman–Crippen LogP) is 5.70. The lowest BCUT2D eigenvalue weighted by Gasteiger charge is -2.21. The number of nitrogens with one attached hydrogen (secondary N) is 1. The van der Waals surface area contributed by atoms with Crippen molar-refractivity contribution in [2.75, 3.05) is 5.32 Å². The Morgan fingerprint density at radius 1 is 0.951 bits per heavy atom. The maximum atomic E-state index is 14.0. The van der Waals surface area contributed by atoms with Crippen molar-refractivity contribution in [1.29, 1.82) is 0 Å². The van der Waals surface area contributed by atoms with E-state index in [1.807, 2.05) is 43.3 Å². The summed E-state index contributed by atoms with van der Waals surface area (Å²) >= 11 is 0. The van der Waals surface area contributed by atoms with Gasteiger partial charge in [0.2, 0.25) is 11.5 Å². The Kier molecular flexibility index (Phi) is 9.08. The fourth-order valence-corrected chi connectivity index (χ4v) is 4.71. The monoisotopic (exact) mass is 555 g/mol. The first-order valence-electron chi connectivity index (χ1n) is 13.0. The highest BCUT2D eigenvalue weighted by Crippen LogP contribution is 2.34. The van der Waals surface area contributed by atoms with E-state index < -0.39 is 5.97 Å². The number of halogens is 1. The Bertz CT molecular complexity index is 1640. The van der Waals surface area contributed by atoms with Gasteiger partial charge < -0.3 is 20.2 Å². The van der Waals surface area contributed by atoms with Crippen LogP contribution in [0.25, 0.3) is 11.1 Å². The molecule has 0 radical (unpaired) electrons. The largest absolute Gasteiger partial charge is 0.481 e. The number of carboxylic acids is 1. The third-order valence-electron chi connectivity index (χ3n) is 6.93. The minimum Gasteiger partial charge on any atom is -0.481 e. The molecule has 210 valence electrons. The molecule has 1 amide bonds. The molecule has 3 N–H and O–H groups in total. The molecule has 0 fully saturated rings. The molecule has 0 saturated carbocycles. The van der Waals surface area contributed by atoms with Crippen LogP contribution in [0, 0.1) is 12.7 Å². The molecular weight excluding hydrogens is 525 g/mol. The van der Waals surface area contributed by atoms with Crippen LogP contribution < -0.4 is 10.9 Å². The van der Waals surface area contributed by atoms with Crippen LogP contribution in [0.1, 0.15) is 47.4 Å². The van der Waals surface area contributed by atoms with E-state index in [0.29, 0.717) is 23.4 Å². The van der Waals surface area contributed by atoms with Gasteiger partial charge in [-0.25, -0.2) is 4.39 Å². The third kappa shape index (κ3) is 7.33. The van der Waals surface area contributed by atoms with Crippen LogP contribution in [-0.4, -0.2) is 32.5 Å². The maximum Gasteiger partial charge on any atom is 0.303 e. The standard InChI is InChI=1S/C32H30FN3O5/c1-20-17-25(33)10-13-27(20)28(18-29(35-41)24-9-15-31(38)36(2)19-24)23-5-3-21(4-6-23)22-7-11-26(12-8-22)34-30(37)14-16-32(39)40/h3-13,15,17,19,28,41H,14,16,18H2,1-2H3,(H,34,37)(H,39,40). The van der Waals surface area contributed by atoms with Crippen molar-refractivity contribution in [3.05, 3.63) is 123 Å². The number of aromatic nitrogens is 1. The number of anilines is 1. The summed E-state index contributed by atoms with van der Waals surface area (Å²) in [5, 5.41) is 24.9. The number of pyridine rings is 1. The molecule has 0 aliphatic carbocycles. The number of hydrogen-bond donors (Lipinski definition) is 3. The molecule has 41 heavy (non-hydrogen) atoms. The molecule has 3 aromatic carbocycles. The number of amides is 1. The molecule has 4 aromatic rings. The molecule has 8 nitrogen and oxygen atoms in total. The average Bonchev–Trinajstić information content (AvgIpc) is 2.95. The molecule has 0 spiro atoms. The molecule has 1 heterocycles. The second kappa shape index (κ2) is 12.9. The lowest BCUT2D eigenvalue weighted by atomic mass is 9.83. The maximum absolute atomic E-state index is 14.0. The molecular formula is C32H30FN3O5. The molecule has 0 aliphatic heterocycles. The summed E-state index contributed by atoms with van der Waals surface area (Å²) in [5.41, 5.74) is 5.80. The van der Waals surface area contributed by atoms with Gasteiger partial charge in [-0.15, -0.1) is 0 Å². The van der Waals surface area contributed by atoms with Crippen LogP contribution in [-0.2, 0) is 16.6 Å². The van der Waals surface area contributed by atoms with Gasteiger partial charge in [-0.05, 0) is 65.1 Å². The Morgan fingerprint density at radius 2 is 1.61 bits per heavy atom. The van der Waals surface area contributed by atoms with E-state index in [0.717, 1.165) is 27.8 Å². The minimum atomic E-state index is -1.03. The molecule has 1 unspecified atom stereocenters. The van der Waals surface area contributed by atoms with E-state index in [1.54, 1.807) is 37.5 Å². The van der Waals surface area contributed by atoms with Gasteiger partial charge in [0, 0.05) is 49.3 Å². The third-order valence-corrected chi connectivity index (χ3v) is 6.93. The molecule has 1 aromatic heterocycles. The smallest absolute Gasteiger partial charge is 0.303 e. The Labute approximate surface area is 236 Å². The first kappa shape index (κ1) is 28.9. The Balaban J connectivity index is 1.60. The Morgan fingerprint density at radius 3 is 2.20 bits per heavy atom. The number of nitrogens with zero attached hydrogens (tertiary/aromatic N) is 2. The van der Waals surface area contributed by atoms with E-state index >= 15 is 0 Å². The number of benzene rings is 3. The minimum absolute atomic E-state index is 0.0989. The molecule has 0 bridgehead atoms. The molecule has 0 saturated heterocycles. The van der Waals surface area contributed by atoms with Crippen molar-refractivity contribution in [1.82, 2.24) is 4.57 Å². The highest BCUT2D eigenvalue weighted by atomic mass is 19.1. The number of carboxylic acid groups (broad SMARTS) is 1. The van der Waals surface area contributed by atoms with E-state index in [4.69, 9.17) is 5.11 Å². The number of aryl methyl sites for hydroxylation is 2. The van der Waals surface area contributed by atoms with Gasteiger partial charge in [-0.2, -0.15) is 0 Å². The summed E-state index contributed by atoms with van der Waals surface area (Å²) in [6.07, 6.45) is 1.59. The Hall–Kier alpha value is -5.05. The van der Waals surface area contributed by atoms with Gasteiger partial charge in [0.05, 0.1) is 12.1 Å². The normalized spacial score (nSPS) is 12.1. The van der Waals surface area contributed by atoms with Crippen LogP contribution in [0.3, 0.4) is 0 Å². The van der Waals surface area contributed by atoms with Crippen LogP contribution in [0.15, 0.2) is 95.0 Å². The van der Waals surface area contributed by atoms with Gasteiger partial charge in [-0.1, -0.05) is 47.6 Å². The van der Waals surface area contributed by atoms with Crippen LogP contribution in [0.4, 0.5) is 10.1 Å². The predicted molar refractivity (Wildman–Crippen MR) is 155 cm³/mol. The van der Waals surface area contributed by atoms with Crippen molar-refractivity contribution in [3.8, 4) is 11.1 Å². The van der Waals surface area contributed by atoms with Crippen molar-refractivity contribution in [2.45, 2.75) is 32.1 Å². The van der Waals surface area contributed by atoms with Crippen molar-refractivity contribution in [2.24, 2.45) is 12.2 Å². The molecule has 0 aliphatic rings. The van der Waals surface area contributed by atoms with Crippen molar-refractivity contribution >= 4 is 23.3 Å². The zero-order valence-electron chi connectivity index (χ0n) is 22.7. The van der Waals surface area contributed by atoms with Gasteiger partial charge in [0.1, 0.15) is 5.82 Å². The molecule has 1 atom stereocenters. The number of aliphatic carboxylic acids is 1. The summed E-state index contributed by atoms with van der Waals surface area (Å²) in [5.74, 6) is -2.00. The summed E-state index contributed by atoms with van der Waals surface area (Å²) in [6.45, 7) is 1.84. The summed E-state index contributed by atoms with van der Waals surface area (Å²) in [7, 11) is 1.63. The van der Waals surface area contributed by atoms with Gasteiger partial charge in [0.25, 0.3) is 0 Å². The topological polar surface area (TPSA) is 121 Å². The number of oxime groups is 1. The number of rotatable bonds is 10. The van der Waals surface area contributed by atoms with Crippen molar-refractivity contribution in [3.63, 3.8) is 0 Å². The first-order chi connectivity index (χ1) is 19.6. The second-order valence-electron chi connectivity index (χ2n) is 9.81. The highest BCUT2D eigenvalue weighted by Gasteiger charge is 2.21. The highest BCUT2D eigenvalue weighted by molar-refractivity contribution is 6.00. The van der Waals surface area contributed by atoms with Gasteiger partial charge in [-0.3, -0.25) is 14.4 Å². The second-order valence-corrected chi connectivity index (χ2v) is 9.81. The summed E-state index contributed by atoms with van der Waals surface area (Å²) in [6, 6.07) is 22.8. The lowest BCUT2D eigenvalue weighted by molar-refractivity contribution is -0.138. The van der Waals surface area contributed by atoms with Gasteiger partial charge in [0.15, 0.2) is 0 Å². The fraction of sp³-hybridized carbons (Fsp3) is 0.188. The van der Waals surface area contributed by atoms with Crippen molar-refractivity contribution < 1.29 is 24.3 Å². The quantitative estimate of drug-likeness (QED) is 0.132. The fourth-order valence-electron chi connectivity index (χ4n) is 4.71. The van der Waals surface area contributed by atoms with E-state index in [9.17, 15) is 24.0 Å². The van der Waals surface area contributed by atoms with Crippen LogP contribution >= 0.6 is 0 Å². The van der Waals surface area contributed by atoms with Crippen LogP contribution in [0.5, 0.6) is 0 Å².